The molecule has 0 saturated heterocycles. The third-order valence-corrected chi connectivity index (χ3v) is 6.52. The van der Waals surface area contributed by atoms with Gasteiger partial charge in [-0.15, -0.1) is 0 Å². The zero-order valence-electron chi connectivity index (χ0n) is 21.6. The molecule has 4 aromatic carbocycles. The molecule has 1 aliphatic carbocycles. The van der Waals surface area contributed by atoms with E-state index in [0.29, 0.717) is 22.5 Å². The van der Waals surface area contributed by atoms with Crippen molar-refractivity contribution in [2.45, 2.75) is 0 Å². The van der Waals surface area contributed by atoms with Gasteiger partial charge < -0.3 is 19.6 Å². The topological polar surface area (TPSA) is 84.1 Å². The number of aliphatic hydroxyl groups excluding tert-OH is 1. The second-order valence-electron chi connectivity index (χ2n) is 9.21. The first-order valence-electron chi connectivity index (χ1n) is 13.0. The molecule has 2 aliphatic rings. The number of hydrogen-bond acceptors (Lipinski definition) is 6. The molecule has 0 amide bonds. The zero-order valence-corrected chi connectivity index (χ0v) is 21.6. The lowest BCUT2D eigenvalue weighted by atomic mass is 9.90. The van der Waals surface area contributed by atoms with Gasteiger partial charge in [0, 0.05) is 40.0 Å². The van der Waals surface area contributed by atoms with Crippen molar-refractivity contribution in [1.29, 1.82) is 0 Å². The number of hydrogen-bond donors (Lipinski definition) is 2. The number of carbonyl (C=O) groups is 1. The number of rotatable bonds is 7. The zero-order chi connectivity index (χ0) is 27.3. The van der Waals surface area contributed by atoms with Crippen LogP contribution in [0.5, 0.6) is 0 Å². The maximum atomic E-state index is 13.0. The van der Waals surface area contributed by atoms with Gasteiger partial charge in [-0.25, -0.2) is 9.79 Å². The number of esters is 1. The highest BCUT2D eigenvalue weighted by atomic mass is 16.5. The predicted molar refractivity (Wildman–Crippen MR) is 157 cm³/mol. The Morgan fingerprint density at radius 1 is 0.775 bits per heavy atom. The molecule has 40 heavy (non-hydrogen) atoms. The van der Waals surface area contributed by atoms with Crippen LogP contribution in [-0.4, -0.2) is 24.3 Å². The molecule has 6 rings (SSSR count). The summed E-state index contributed by atoms with van der Waals surface area (Å²) in [5, 5.41) is 14.2. The smallest absolute Gasteiger partial charge is 0.338 e. The first-order chi connectivity index (χ1) is 19.7. The summed E-state index contributed by atoms with van der Waals surface area (Å²) in [6.07, 6.45) is 0. The van der Waals surface area contributed by atoms with Gasteiger partial charge in [0.2, 0.25) is 0 Å². The molecule has 0 fully saturated rings. The van der Waals surface area contributed by atoms with Crippen molar-refractivity contribution in [3.8, 4) is 22.5 Å². The van der Waals surface area contributed by atoms with E-state index in [4.69, 9.17) is 14.1 Å². The minimum atomic E-state index is -0.496. The normalized spacial score (nSPS) is 11.6. The van der Waals surface area contributed by atoms with Crippen LogP contribution in [0, 0.1) is 0 Å². The average Bonchev–Trinajstić information content (AvgIpc) is 2.99. The highest BCUT2D eigenvalue weighted by Crippen LogP contribution is 2.42. The van der Waals surface area contributed by atoms with Crippen molar-refractivity contribution in [3.63, 3.8) is 0 Å². The summed E-state index contributed by atoms with van der Waals surface area (Å²) in [4.78, 5) is 17.8. The van der Waals surface area contributed by atoms with Crippen LogP contribution in [0.2, 0.25) is 0 Å². The fourth-order valence-corrected chi connectivity index (χ4v) is 4.75. The van der Waals surface area contributed by atoms with Crippen LogP contribution in [0.1, 0.15) is 10.4 Å². The number of anilines is 2. The Bertz CT molecular complexity index is 1830. The molecule has 1 aliphatic heterocycles. The molecule has 6 heteroatoms. The molecule has 6 nitrogen and oxygen atoms in total. The van der Waals surface area contributed by atoms with Crippen LogP contribution in [-0.2, 0) is 4.74 Å². The molecule has 1 heterocycles. The number of carbonyl (C=O) groups excluding carboxylic acids is 1. The number of para-hydroxylation sites is 2. The van der Waals surface area contributed by atoms with E-state index in [2.05, 4.69) is 5.32 Å². The molecule has 0 atom stereocenters. The predicted octanol–water partition coefficient (Wildman–Crippen LogP) is 7.33. The lowest BCUT2D eigenvalue weighted by molar-refractivity contribution is 0.0434. The summed E-state index contributed by atoms with van der Waals surface area (Å²) in [6.45, 7) is -0.313. The summed E-state index contributed by atoms with van der Waals surface area (Å²) >= 11 is 0. The maximum absolute atomic E-state index is 13.0. The molecule has 0 radical (unpaired) electrons. The third kappa shape index (κ3) is 5.21. The molecule has 196 valence electrons. The summed E-state index contributed by atoms with van der Waals surface area (Å²) in [7, 11) is 0. The molecule has 2 N–H and O–H groups in total. The van der Waals surface area contributed by atoms with E-state index in [1.807, 2.05) is 109 Å². The highest BCUT2D eigenvalue weighted by molar-refractivity contribution is 6.08. The second kappa shape index (κ2) is 11.3. The molecule has 0 aromatic heterocycles. The second-order valence-corrected chi connectivity index (χ2v) is 9.21. The van der Waals surface area contributed by atoms with Crippen molar-refractivity contribution in [2.75, 3.05) is 18.5 Å². The number of fused-ring (bicyclic) bond motifs is 2. The summed E-state index contributed by atoms with van der Waals surface area (Å²) in [5.41, 5.74) is 6.14. The molecular formula is C34H26N2O4. The van der Waals surface area contributed by atoms with E-state index >= 15 is 0 Å². The van der Waals surface area contributed by atoms with Gasteiger partial charge in [0.15, 0.2) is 0 Å². The Balaban J connectivity index is 1.57. The number of nitrogens with zero attached hydrogens (tertiary/aromatic N) is 1. The van der Waals surface area contributed by atoms with Gasteiger partial charge in [0.25, 0.3) is 0 Å². The van der Waals surface area contributed by atoms with E-state index in [1.165, 1.54) is 0 Å². The fraction of sp³-hybridized carbons (Fsp3) is 0.0588. The maximum Gasteiger partial charge on any atom is 0.338 e. The first-order valence-corrected chi connectivity index (χ1v) is 13.0. The first kappa shape index (κ1) is 25.1. The van der Waals surface area contributed by atoms with Gasteiger partial charge in [-0.3, -0.25) is 0 Å². The Morgan fingerprint density at radius 2 is 1.52 bits per heavy atom. The van der Waals surface area contributed by atoms with Crippen molar-refractivity contribution < 1.29 is 19.1 Å². The van der Waals surface area contributed by atoms with Crippen molar-refractivity contribution in [3.05, 3.63) is 132 Å². The van der Waals surface area contributed by atoms with Crippen LogP contribution in [0.15, 0.2) is 131 Å². The van der Waals surface area contributed by atoms with Crippen molar-refractivity contribution in [1.82, 2.24) is 0 Å². The van der Waals surface area contributed by atoms with Gasteiger partial charge in [0.05, 0.1) is 23.2 Å². The molecule has 0 spiro atoms. The van der Waals surface area contributed by atoms with E-state index in [-0.39, 0.29) is 13.2 Å². The van der Waals surface area contributed by atoms with E-state index < -0.39 is 5.97 Å². The summed E-state index contributed by atoms with van der Waals surface area (Å²) in [6, 6.07) is 38.8. The van der Waals surface area contributed by atoms with Crippen LogP contribution in [0.25, 0.3) is 33.4 Å². The lowest BCUT2D eigenvalue weighted by Gasteiger charge is -2.18. The van der Waals surface area contributed by atoms with Gasteiger partial charge in [-0.2, -0.15) is 0 Å². The Labute approximate surface area is 231 Å². The Morgan fingerprint density at radius 3 is 2.33 bits per heavy atom. The quantitative estimate of drug-likeness (QED) is 0.168. The number of ether oxygens (including phenoxy) is 1. The van der Waals surface area contributed by atoms with Crippen molar-refractivity contribution >= 4 is 34.0 Å². The third-order valence-electron chi connectivity index (χ3n) is 6.52. The molecule has 0 bridgehead atoms. The highest BCUT2D eigenvalue weighted by Gasteiger charge is 2.22. The number of nitrogens with one attached hydrogen (secondary N) is 1. The van der Waals surface area contributed by atoms with Gasteiger partial charge in [-0.05, 0) is 60.2 Å². The molecule has 4 aromatic rings. The van der Waals surface area contributed by atoms with Gasteiger partial charge in [-0.1, -0.05) is 54.6 Å². The minimum Gasteiger partial charge on any atom is -0.460 e. The Kier molecular flexibility index (Phi) is 7.07. The molecule has 0 saturated carbocycles. The lowest BCUT2D eigenvalue weighted by Crippen LogP contribution is -2.10. The molecule has 0 unspecified atom stereocenters. The average molecular weight is 527 g/mol. The monoisotopic (exact) mass is 526 g/mol. The van der Waals surface area contributed by atoms with Crippen LogP contribution < -0.4 is 10.7 Å². The van der Waals surface area contributed by atoms with E-state index in [0.717, 1.165) is 38.9 Å². The minimum absolute atomic E-state index is 0.0718. The van der Waals surface area contributed by atoms with Crippen LogP contribution in [0.4, 0.5) is 17.1 Å². The van der Waals surface area contributed by atoms with E-state index in [1.54, 1.807) is 12.1 Å². The summed E-state index contributed by atoms with van der Waals surface area (Å²) in [5.74, 6) is 0.139. The number of benzene rings is 5. The largest absolute Gasteiger partial charge is 0.460 e. The number of aliphatic hydroxyl groups is 1. The van der Waals surface area contributed by atoms with E-state index in [9.17, 15) is 9.90 Å². The van der Waals surface area contributed by atoms with Crippen molar-refractivity contribution in [2.24, 2.45) is 4.99 Å². The Hall–Kier alpha value is -5.20. The molecular weight excluding hydrogens is 500 g/mol. The SMILES string of the molecule is O=C(OCCO)c1ccccc1-c1c2ccc(=Nc3ccccc3)cc-2oc2cc(Nc3ccccc3)ccc12. The van der Waals surface area contributed by atoms with Crippen LogP contribution in [0.3, 0.4) is 0 Å². The standard InChI is InChI=1S/C34H26N2O4/c37-19-20-39-34(38)28-14-8-7-13-27(28)33-29-17-15-25(35-23-9-3-1-4-10-23)21-31(29)40-32-22-26(16-18-30(32)33)36-24-11-5-2-6-12-24/h1-18,21-22,35,37H,19-20H2. The van der Waals surface area contributed by atoms with Gasteiger partial charge >= 0.3 is 5.97 Å². The van der Waals surface area contributed by atoms with Gasteiger partial charge in [0.1, 0.15) is 18.0 Å². The summed E-state index contributed by atoms with van der Waals surface area (Å²) < 4.78 is 11.8. The fourth-order valence-electron chi connectivity index (χ4n) is 4.75. The van der Waals surface area contributed by atoms with Crippen LogP contribution >= 0.6 is 0 Å².